The Morgan fingerprint density at radius 2 is 2.28 bits per heavy atom. The molecular formula is C13H14BrNO3. The van der Waals surface area contributed by atoms with Crippen molar-refractivity contribution in [3.05, 3.63) is 29.3 Å². The minimum absolute atomic E-state index is 0.0362. The molecule has 1 aliphatic rings. The molecule has 96 valence electrons. The number of aromatic carboxylic acids is 1. The van der Waals surface area contributed by atoms with Crippen LogP contribution < -0.4 is 4.90 Å². The Balaban J connectivity index is 2.44. The molecule has 1 N–H and O–H groups in total. The van der Waals surface area contributed by atoms with Gasteiger partial charge in [-0.15, -0.1) is 0 Å². The molecular weight excluding hydrogens is 298 g/mol. The fraction of sp³-hybridized carbons (Fsp3) is 0.385. The summed E-state index contributed by atoms with van der Waals surface area (Å²) in [5.41, 5.74) is 1.94. The van der Waals surface area contributed by atoms with E-state index in [0.29, 0.717) is 13.0 Å². The highest BCUT2D eigenvalue weighted by Gasteiger charge is 2.30. The van der Waals surface area contributed by atoms with Gasteiger partial charge in [0.15, 0.2) is 0 Å². The van der Waals surface area contributed by atoms with Crippen molar-refractivity contribution in [1.82, 2.24) is 0 Å². The zero-order valence-corrected chi connectivity index (χ0v) is 11.6. The number of halogens is 1. The Labute approximate surface area is 114 Å². The van der Waals surface area contributed by atoms with Crippen LogP contribution in [0.2, 0.25) is 0 Å². The maximum atomic E-state index is 11.9. The first kappa shape index (κ1) is 13.1. The Kier molecular flexibility index (Phi) is 3.71. The van der Waals surface area contributed by atoms with Crippen LogP contribution in [0.25, 0.3) is 0 Å². The number of hydrogen-bond donors (Lipinski definition) is 1. The van der Waals surface area contributed by atoms with Crippen molar-refractivity contribution in [2.75, 3.05) is 11.4 Å². The summed E-state index contributed by atoms with van der Waals surface area (Å²) in [7, 11) is 0. The maximum absolute atomic E-state index is 11.9. The molecule has 1 aromatic carbocycles. The standard InChI is InChI=1S/C13H14BrNO3/c1-2-8-3-4-9(13(17)18)5-11(8)15-7-10(14)6-12(15)16/h3-5,10H,2,6-7H2,1H3,(H,17,18). The summed E-state index contributed by atoms with van der Waals surface area (Å²) < 4.78 is 0. The van der Waals surface area contributed by atoms with Gasteiger partial charge in [-0.2, -0.15) is 0 Å². The molecule has 0 bridgehead atoms. The Hall–Kier alpha value is -1.36. The van der Waals surface area contributed by atoms with E-state index < -0.39 is 5.97 Å². The monoisotopic (exact) mass is 311 g/mol. The van der Waals surface area contributed by atoms with Gasteiger partial charge in [-0.25, -0.2) is 4.79 Å². The first-order chi connectivity index (χ1) is 8.52. The summed E-state index contributed by atoms with van der Waals surface area (Å²) in [6.07, 6.45) is 1.23. The lowest BCUT2D eigenvalue weighted by molar-refractivity contribution is -0.117. The molecule has 1 aromatic rings. The number of hydrogen-bond acceptors (Lipinski definition) is 2. The van der Waals surface area contributed by atoms with Crippen LogP contribution >= 0.6 is 15.9 Å². The minimum atomic E-state index is -0.971. The molecule has 0 aromatic heterocycles. The number of benzene rings is 1. The number of nitrogens with zero attached hydrogens (tertiary/aromatic N) is 1. The third-order valence-electron chi connectivity index (χ3n) is 3.08. The van der Waals surface area contributed by atoms with E-state index in [4.69, 9.17) is 5.11 Å². The number of carbonyl (C=O) groups is 2. The summed E-state index contributed by atoms with van der Waals surface area (Å²) in [6, 6.07) is 4.95. The van der Waals surface area contributed by atoms with Gasteiger partial charge < -0.3 is 10.0 Å². The Morgan fingerprint density at radius 3 is 2.78 bits per heavy atom. The molecule has 1 amide bonds. The normalized spacial score (nSPS) is 19.3. The van der Waals surface area contributed by atoms with Gasteiger partial charge in [0, 0.05) is 23.5 Å². The largest absolute Gasteiger partial charge is 0.478 e. The molecule has 0 radical (unpaired) electrons. The smallest absolute Gasteiger partial charge is 0.335 e. The van der Waals surface area contributed by atoms with Gasteiger partial charge in [0.05, 0.1) is 5.56 Å². The lowest BCUT2D eigenvalue weighted by atomic mass is 10.1. The van der Waals surface area contributed by atoms with Crippen LogP contribution in [-0.4, -0.2) is 28.4 Å². The van der Waals surface area contributed by atoms with Crippen LogP contribution in [0.3, 0.4) is 0 Å². The Bertz CT molecular complexity index is 501. The van der Waals surface area contributed by atoms with E-state index in [9.17, 15) is 9.59 Å². The van der Waals surface area contributed by atoms with Gasteiger partial charge in [0.25, 0.3) is 0 Å². The molecule has 18 heavy (non-hydrogen) atoms. The summed E-state index contributed by atoms with van der Waals surface area (Å²) in [5.74, 6) is -0.935. The zero-order valence-electron chi connectivity index (χ0n) is 10.0. The van der Waals surface area contributed by atoms with Crippen molar-refractivity contribution in [3.63, 3.8) is 0 Å². The number of aryl methyl sites for hydroxylation is 1. The number of anilines is 1. The van der Waals surface area contributed by atoms with Crippen LogP contribution in [0.15, 0.2) is 18.2 Å². The van der Waals surface area contributed by atoms with Gasteiger partial charge >= 0.3 is 5.97 Å². The van der Waals surface area contributed by atoms with E-state index in [1.165, 1.54) is 0 Å². The van der Waals surface area contributed by atoms with E-state index in [2.05, 4.69) is 15.9 Å². The zero-order chi connectivity index (χ0) is 13.3. The first-order valence-electron chi connectivity index (χ1n) is 5.83. The van der Waals surface area contributed by atoms with Crippen molar-refractivity contribution in [2.45, 2.75) is 24.6 Å². The summed E-state index contributed by atoms with van der Waals surface area (Å²) in [5, 5.41) is 9.02. The van der Waals surface area contributed by atoms with Crippen molar-refractivity contribution < 1.29 is 14.7 Å². The predicted octanol–water partition coefficient (Wildman–Crippen LogP) is 2.45. The highest BCUT2D eigenvalue weighted by atomic mass is 79.9. The van der Waals surface area contributed by atoms with Gasteiger partial charge in [0.2, 0.25) is 5.91 Å². The highest BCUT2D eigenvalue weighted by molar-refractivity contribution is 9.09. The SMILES string of the molecule is CCc1ccc(C(=O)O)cc1N1CC(Br)CC1=O. The average Bonchev–Trinajstić information content (AvgIpc) is 2.67. The summed E-state index contributed by atoms with van der Waals surface area (Å²) in [4.78, 5) is 24.7. The minimum Gasteiger partial charge on any atom is -0.478 e. The summed E-state index contributed by atoms with van der Waals surface area (Å²) >= 11 is 3.43. The summed E-state index contributed by atoms with van der Waals surface area (Å²) in [6.45, 7) is 2.58. The lowest BCUT2D eigenvalue weighted by Gasteiger charge is -2.20. The van der Waals surface area contributed by atoms with Crippen LogP contribution in [0.4, 0.5) is 5.69 Å². The molecule has 1 fully saturated rings. The van der Waals surface area contributed by atoms with Gasteiger partial charge in [-0.3, -0.25) is 4.79 Å². The van der Waals surface area contributed by atoms with Gasteiger partial charge in [-0.05, 0) is 24.1 Å². The molecule has 0 saturated carbocycles. The van der Waals surface area contributed by atoms with Crippen LogP contribution in [0.1, 0.15) is 29.3 Å². The average molecular weight is 312 g/mol. The molecule has 1 heterocycles. The number of carbonyl (C=O) groups excluding carboxylic acids is 1. The second kappa shape index (κ2) is 5.10. The molecule has 4 nitrogen and oxygen atoms in total. The highest BCUT2D eigenvalue weighted by Crippen LogP contribution is 2.29. The number of carboxylic acid groups (broad SMARTS) is 1. The molecule has 1 aliphatic heterocycles. The van der Waals surface area contributed by atoms with E-state index >= 15 is 0 Å². The molecule has 0 aliphatic carbocycles. The van der Waals surface area contributed by atoms with E-state index in [1.807, 2.05) is 6.92 Å². The number of carboxylic acids is 1. The van der Waals surface area contributed by atoms with E-state index in [-0.39, 0.29) is 16.3 Å². The van der Waals surface area contributed by atoms with E-state index in [0.717, 1.165) is 17.7 Å². The van der Waals surface area contributed by atoms with Gasteiger partial charge in [0.1, 0.15) is 0 Å². The number of alkyl halides is 1. The van der Waals surface area contributed by atoms with Crippen molar-refractivity contribution in [2.24, 2.45) is 0 Å². The van der Waals surface area contributed by atoms with Crippen LogP contribution in [-0.2, 0) is 11.2 Å². The molecule has 2 rings (SSSR count). The second-order valence-corrected chi connectivity index (χ2v) is 5.60. The fourth-order valence-electron chi connectivity index (χ4n) is 2.14. The van der Waals surface area contributed by atoms with Crippen molar-refractivity contribution in [3.8, 4) is 0 Å². The first-order valence-corrected chi connectivity index (χ1v) is 6.75. The molecule has 5 heteroatoms. The third-order valence-corrected chi connectivity index (χ3v) is 3.70. The lowest BCUT2D eigenvalue weighted by Crippen LogP contribution is -2.26. The number of rotatable bonds is 3. The third kappa shape index (κ3) is 2.41. The topological polar surface area (TPSA) is 57.6 Å². The quantitative estimate of drug-likeness (QED) is 0.872. The second-order valence-electron chi connectivity index (χ2n) is 4.31. The molecule has 1 atom stereocenters. The molecule has 1 unspecified atom stereocenters. The van der Waals surface area contributed by atoms with Crippen LogP contribution in [0, 0.1) is 0 Å². The van der Waals surface area contributed by atoms with Gasteiger partial charge in [-0.1, -0.05) is 28.9 Å². The van der Waals surface area contributed by atoms with E-state index in [1.54, 1.807) is 23.1 Å². The molecule has 0 spiro atoms. The Morgan fingerprint density at radius 1 is 1.56 bits per heavy atom. The van der Waals surface area contributed by atoms with Crippen molar-refractivity contribution >= 4 is 33.5 Å². The predicted molar refractivity (Wildman–Crippen MR) is 72.5 cm³/mol. The number of amides is 1. The maximum Gasteiger partial charge on any atom is 0.335 e. The van der Waals surface area contributed by atoms with Crippen molar-refractivity contribution in [1.29, 1.82) is 0 Å². The van der Waals surface area contributed by atoms with Crippen LogP contribution in [0.5, 0.6) is 0 Å². The fourth-order valence-corrected chi connectivity index (χ4v) is 2.71. The molecule has 1 saturated heterocycles.